The van der Waals surface area contributed by atoms with E-state index in [2.05, 4.69) is 20.4 Å². The lowest BCUT2D eigenvalue weighted by atomic mass is 10.0. The van der Waals surface area contributed by atoms with Crippen LogP contribution in [0.1, 0.15) is 47.3 Å². The predicted molar refractivity (Wildman–Crippen MR) is 93.7 cm³/mol. The van der Waals surface area contributed by atoms with Crippen molar-refractivity contribution in [3.63, 3.8) is 0 Å². The lowest BCUT2D eigenvalue weighted by Gasteiger charge is -2.12. The smallest absolute Gasteiger partial charge is 0.156 e. The molecule has 1 saturated heterocycles. The zero-order valence-corrected chi connectivity index (χ0v) is 15.2. The zero-order chi connectivity index (χ0) is 17.6. The lowest BCUT2D eigenvalue weighted by molar-refractivity contribution is 0.177. The molecule has 0 aromatic carbocycles. The van der Waals surface area contributed by atoms with Crippen LogP contribution in [-0.2, 0) is 22.5 Å². The average Bonchev–Trinajstić information content (AvgIpc) is 3.24. The van der Waals surface area contributed by atoms with Gasteiger partial charge in [0.1, 0.15) is 18.2 Å². The van der Waals surface area contributed by atoms with Gasteiger partial charge in [0, 0.05) is 37.8 Å². The Hall–Kier alpha value is -1.99. The summed E-state index contributed by atoms with van der Waals surface area (Å²) in [5.41, 5.74) is 3.21. The minimum absolute atomic E-state index is 0.349. The van der Waals surface area contributed by atoms with Gasteiger partial charge in [-0.25, -0.2) is 9.97 Å². The van der Waals surface area contributed by atoms with Gasteiger partial charge in [-0.1, -0.05) is 5.16 Å². The fourth-order valence-electron chi connectivity index (χ4n) is 3.12. The van der Waals surface area contributed by atoms with Crippen LogP contribution in [0.2, 0.25) is 0 Å². The van der Waals surface area contributed by atoms with Crippen LogP contribution < -0.4 is 5.32 Å². The minimum atomic E-state index is 0.349. The van der Waals surface area contributed by atoms with Crippen LogP contribution in [-0.4, -0.2) is 42.0 Å². The molecule has 1 aliphatic heterocycles. The third-order valence-electron chi connectivity index (χ3n) is 4.50. The Morgan fingerprint density at radius 3 is 2.88 bits per heavy atom. The third kappa shape index (κ3) is 4.55. The molecule has 1 N–H and O–H groups in total. The number of methoxy groups -OCH3 is 1. The molecule has 0 spiro atoms. The number of hydrogen-bond acceptors (Lipinski definition) is 7. The van der Waals surface area contributed by atoms with E-state index in [4.69, 9.17) is 14.0 Å². The molecule has 0 amide bonds. The number of nitrogens with one attached hydrogen (secondary N) is 1. The Morgan fingerprint density at radius 1 is 1.32 bits per heavy atom. The van der Waals surface area contributed by atoms with Gasteiger partial charge in [-0.15, -0.1) is 0 Å². The molecular formula is C18H26N4O3. The number of rotatable bonds is 8. The van der Waals surface area contributed by atoms with Crippen molar-refractivity contribution < 1.29 is 14.0 Å². The van der Waals surface area contributed by atoms with Gasteiger partial charge in [-0.05, 0) is 33.1 Å². The van der Waals surface area contributed by atoms with Crippen LogP contribution in [0.5, 0.6) is 0 Å². The van der Waals surface area contributed by atoms with Crippen LogP contribution in [0.25, 0.3) is 0 Å². The van der Waals surface area contributed by atoms with Crippen molar-refractivity contribution in [1.82, 2.24) is 15.1 Å². The van der Waals surface area contributed by atoms with Gasteiger partial charge in [0.2, 0.25) is 0 Å². The first kappa shape index (κ1) is 17.8. The molecular weight excluding hydrogens is 320 g/mol. The SMILES string of the molecule is COCc1nc(NCCCc2c(C)noc2C)cc([C@H]2CCOC2)n1. The van der Waals surface area contributed by atoms with E-state index in [1.807, 2.05) is 19.9 Å². The molecule has 7 nitrogen and oxygen atoms in total. The molecule has 0 radical (unpaired) electrons. The van der Waals surface area contributed by atoms with E-state index in [9.17, 15) is 0 Å². The van der Waals surface area contributed by atoms with Crippen molar-refractivity contribution in [2.45, 2.75) is 45.6 Å². The number of anilines is 1. The monoisotopic (exact) mass is 346 g/mol. The summed E-state index contributed by atoms with van der Waals surface area (Å²) in [5.74, 6) is 2.81. The van der Waals surface area contributed by atoms with E-state index >= 15 is 0 Å². The molecule has 1 aliphatic rings. The number of nitrogens with zero attached hydrogens (tertiary/aromatic N) is 3. The first-order valence-electron chi connectivity index (χ1n) is 8.77. The van der Waals surface area contributed by atoms with Gasteiger partial charge >= 0.3 is 0 Å². The largest absolute Gasteiger partial charge is 0.381 e. The quantitative estimate of drug-likeness (QED) is 0.736. The second-order valence-electron chi connectivity index (χ2n) is 6.42. The Balaban J connectivity index is 1.60. The highest BCUT2D eigenvalue weighted by molar-refractivity contribution is 5.37. The Bertz CT molecular complexity index is 676. The first-order chi connectivity index (χ1) is 12.2. The molecule has 0 saturated carbocycles. The van der Waals surface area contributed by atoms with E-state index < -0.39 is 0 Å². The average molecular weight is 346 g/mol. The molecule has 136 valence electrons. The highest BCUT2D eigenvalue weighted by Crippen LogP contribution is 2.25. The van der Waals surface area contributed by atoms with Gasteiger partial charge < -0.3 is 19.3 Å². The summed E-state index contributed by atoms with van der Waals surface area (Å²) in [6.45, 7) is 6.71. The summed E-state index contributed by atoms with van der Waals surface area (Å²) in [4.78, 5) is 9.17. The molecule has 3 rings (SSSR count). The van der Waals surface area contributed by atoms with Crippen LogP contribution >= 0.6 is 0 Å². The molecule has 7 heteroatoms. The second kappa shape index (κ2) is 8.40. The number of hydrogen-bond donors (Lipinski definition) is 1. The molecule has 1 fully saturated rings. The summed E-state index contributed by atoms with van der Waals surface area (Å²) in [6.07, 6.45) is 2.93. The topological polar surface area (TPSA) is 82.3 Å². The fraction of sp³-hybridized carbons (Fsp3) is 0.611. The van der Waals surface area contributed by atoms with Crippen LogP contribution in [0, 0.1) is 13.8 Å². The number of aryl methyl sites for hydroxylation is 2. The third-order valence-corrected chi connectivity index (χ3v) is 4.50. The normalized spacial score (nSPS) is 17.2. The van der Waals surface area contributed by atoms with Crippen LogP contribution in [0.4, 0.5) is 5.82 Å². The number of ether oxygens (including phenoxy) is 2. The maximum Gasteiger partial charge on any atom is 0.156 e. The Morgan fingerprint density at radius 2 is 2.20 bits per heavy atom. The van der Waals surface area contributed by atoms with Crippen molar-refractivity contribution in [3.8, 4) is 0 Å². The van der Waals surface area contributed by atoms with Gasteiger partial charge in [-0.3, -0.25) is 0 Å². The van der Waals surface area contributed by atoms with E-state index in [-0.39, 0.29) is 0 Å². The van der Waals surface area contributed by atoms with E-state index in [0.29, 0.717) is 18.3 Å². The van der Waals surface area contributed by atoms with Crippen molar-refractivity contribution in [2.24, 2.45) is 0 Å². The molecule has 2 aromatic rings. The summed E-state index contributed by atoms with van der Waals surface area (Å²) in [7, 11) is 1.66. The number of aromatic nitrogens is 3. The summed E-state index contributed by atoms with van der Waals surface area (Å²) in [5, 5.41) is 7.41. The zero-order valence-electron chi connectivity index (χ0n) is 15.2. The predicted octanol–water partition coefficient (Wildman–Crippen LogP) is 2.78. The Labute approximate surface area is 148 Å². The fourth-order valence-corrected chi connectivity index (χ4v) is 3.12. The lowest BCUT2D eigenvalue weighted by Crippen LogP contribution is -2.11. The van der Waals surface area contributed by atoms with Gasteiger partial charge in [0.05, 0.1) is 18.0 Å². The van der Waals surface area contributed by atoms with Crippen molar-refractivity contribution in [3.05, 3.63) is 34.6 Å². The molecule has 0 unspecified atom stereocenters. The molecule has 25 heavy (non-hydrogen) atoms. The molecule has 2 aromatic heterocycles. The molecule has 1 atom stereocenters. The summed E-state index contributed by atoms with van der Waals surface area (Å²) in [6, 6.07) is 2.04. The van der Waals surface area contributed by atoms with Crippen molar-refractivity contribution in [1.29, 1.82) is 0 Å². The highest BCUT2D eigenvalue weighted by atomic mass is 16.5. The summed E-state index contributed by atoms with van der Waals surface area (Å²) < 4.78 is 15.9. The highest BCUT2D eigenvalue weighted by Gasteiger charge is 2.20. The molecule has 3 heterocycles. The first-order valence-corrected chi connectivity index (χ1v) is 8.77. The van der Waals surface area contributed by atoms with Crippen molar-refractivity contribution >= 4 is 5.82 Å². The molecule has 0 aliphatic carbocycles. The standard InChI is InChI=1S/C18H26N4O3/c1-12-15(13(2)25-22-12)5-4-7-19-17-9-16(14-6-8-24-10-14)20-18(21-17)11-23-3/h9,14H,4-8,10-11H2,1-3H3,(H,19,20,21)/t14-/m0/s1. The van der Waals surface area contributed by atoms with E-state index in [0.717, 1.165) is 62.0 Å². The Kier molecular flexibility index (Phi) is 5.99. The van der Waals surface area contributed by atoms with Crippen molar-refractivity contribution in [2.75, 3.05) is 32.2 Å². The van der Waals surface area contributed by atoms with Gasteiger partial charge in [0.15, 0.2) is 5.82 Å². The van der Waals surface area contributed by atoms with Gasteiger partial charge in [0.25, 0.3) is 0 Å². The van der Waals surface area contributed by atoms with E-state index in [1.54, 1.807) is 7.11 Å². The van der Waals surface area contributed by atoms with Gasteiger partial charge in [-0.2, -0.15) is 0 Å². The van der Waals surface area contributed by atoms with E-state index in [1.165, 1.54) is 5.56 Å². The summed E-state index contributed by atoms with van der Waals surface area (Å²) >= 11 is 0. The maximum absolute atomic E-state index is 5.49. The van der Waals surface area contributed by atoms with Crippen LogP contribution in [0.15, 0.2) is 10.6 Å². The molecule has 0 bridgehead atoms. The minimum Gasteiger partial charge on any atom is -0.381 e. The maximum atomic E-state index is 5.49. The van der Waals surface area contributed by atoms with Crippen LogP contribution in [0.3, 0.4) is 0 Å². The second-order valence-corrected chi connectivity index (χ2v) is 6.42.